The standard InChI is InChI=1S/C23H24BrN3O2/c24-22-25-20(19-12-6-7-14-27(19)22)21(28)26-15-13-23(29,16-8-2-1-3-9-16)17-10-4-5-11-18(17)26/h1-3,6-9,12,14,17-18,29H,4-5,10-11,13,15H2. The van der Waals surface area contributed by atoms with E-state index in [4.69, 9.17) is 0 Å². The second-order valence-electron chi connectivity index (χ2n) is 8.18. The number of aliphatic hydroxyl groups is 1. The van der Waals surface area contributed by atoms with Gasteiger partial charge in [-0.25, -0.2) is 4.98 Å². The van der Waals surface area contributed by atoms with Gasteiger partial charge in [0.05, 0.1) is 11.1 Å². The fourth-order valence-electron chi connectivity index (χ4n) is 5.31. The van der Waals surface area contributed by atoms with Crippen LogP contribution < -0.4 is 0 Å². The summed E-state index contributed by atoms with van der Waals surface area (Å²) in [5.74, 6) is 0.0140. The third kappa shape index (κ3) is 3.01. The van der Waals surface area contributed by atoms with Crippen LogP contribution in [0.25, 0.3) is 5.52 Å². The van der Waals surface area contributed by atoms with Gasteiger partial charge in [0.1, 0.15) is 0 Å². The normalized spacial score (nSPS) is 27.0. The van der Waals surface area contributed by atoms with Crippen LogP contribution in [0, 0.1) is 5.92 Å². The van der Waals surface area contributed by atoms with Gasteiger partial charge in [-0.1, -0.05) is 49.2 Å². The first-order valence-corrected chi connectivity index (χ1v) is 11.1. The average Bonchev–Trinajstić information content (AvgIpc) is 3.11. The summed E-state index contributed by atoms with van der Waals surface area (Å²) < 4.78 is 2.52. The predicted molar refractivity (Wildman–Crippen MR) is 115 cm³/mol. The van der Waals surface area contributed by atoms with Crippen molar-refractivity contribution in [2.45, 2.75) is 43.7 Å². The first-order valence-electron chi connectivity index (χ1n) is 10.3. The highest BCUT2D eigenvalue weighted by atomic mass is 79.9. The second-order valence-corrected chi connectivity index (χ2v) is 8.89. The lowest BCUT2D eigenvalue weighted by atomic mass is 9.66. The van der Waals surface area contributed by atoms with E-state index in [1.807, 2.05) is 64.0 Å². The van der Waals surface area contributed by atoms with Crippen LogP contribution in [0.2, 0.25) is 0 Å². The molecule has 2 aliphatic rings. The van der Waals surface area contributed by atoms with Crippen molar-refractivity contribution < 1.29 is 9.90 Å². The Balaban J connectivity index is 1.51. The minimum Gasteiger partial charge on any atom is -0.385 e. The fourth-order valence-corrected chi connectivity index (χ4v) is 5.80. The highest BCUT2D eigenvalue weighted by molar-refractivity contribution is 9.10. The molecule has 5 nitrogen and oxygen atoms in total. The van der Waals surface area contributed by atoms with Crippen molar-refractivity contribution in [3.8, 4) is 0 Å². The van der Waals surface area contributed by atoms with E-state index in [2.05, 4.69) is 20.9 Å². The van der Waals surface area contributed by atoms with Crippen molar-refractivity contribution in [1.82, 2.24) is 14.3 Å². The molecule has 5 rings (SSSR count). The van der Waals surface area contributed by atoms with Crippen LogP contribution in [0.3, 0.4) is 0 Å². The largest absolute Gasteiger partial charge is 0.385 e. The van der Waals surface area contributed by atoms with E-state index < -0.39 is 5.60 Å². The third-order valence-corrected chi connectivity index (χ3v) is 7.28. The molecule has 1 aliphatic heterocycles. The average molecular weight is 454 g/mol. The number of pyridine rings is 1. The van der Waals surface area contributed by atoms with Gasteiger partial charge in [-0.2, -0.15) is 0 Å². The zero-order valence-corrected chi connectivity index (χ0v) is 17.8. The molecular formula is C23H24BrN3O2. The Morgan fingerprint density at radius 3 is 2.69 bits per heavy atom. The molecule has 0 spiro atoms. The number of carbonyl (C=O) groups is 1. The maximum atomic E-state index is 13.6. The van der Waals surface area contributed by atoms with Crippen LogP contribution >= 0.6 is 15.9 Å². The Morgan fingerprint density at radius 2 is 1.86 bits per heavy atom. The molecule has 0 radical (unpaired) electrons. The molecule has 3 aromatic rings. The SMILES string of the molecule is O=C(c1nc(Br)n2ccccc12)N1CCC(O)(c2ccccc2)C2CCCCC21. The van der Waals surface area contributed by atoms with E-state index in [-0.39, 0.29) is 17.9 Å². The van der Waals surface area contributed by atoms with Gasteiger partial charge in [0.15, 0.2) is 10.4 Å². The van der Waals surface area contributed by atoms with Crippen molar-refractivity contribution in [3.05, 3.63) is 70.7 Å². The molecule has 150 valence electrons. The summed E-state index contributed by atoms with van der Waals surface area (Å²) in [5.41, 5.74) is 1.38. The molecule has 1 aromatic carbocycles. The molecule has 3 unspecified atom stereocenters. The molecular weight excluding hydrogens is 430 g/mol. The summed E-state index contributed by atoms with van der Waals surface area (Å²) in [6.45, 7) is 0.537. The number of aromatic nitrogens is 2. The van der Waals surface area contributed by atoms with Gasteiger partial charge in [0.25, 0.3) is 5.91 Å². The number of imidazole rings is 1. The number of halogens is 1. The van der Waals surface area contributed by atoms with Crippen molar-refractivity contribution in [3.63, 3.8) is 0 Å². The topological polar surface area (TPSA) is 57.8 Å². The molecule has 1 saturated carbocycles. The van der Waals surface area contributed by atoms with Crippen LogP contribution in [0.5, 0.6) is 0 Å². The fraction of sp³-hybridized carbons (Fsp3) is 0.391. The number of amides is 1. The Morgan fingerprint density at radius 1 is 1.10 bits per heavy atom. The van der Waals surface area contributed by atoms with E-state index in [9.17, 15) is 9.90 Å². The highest BCUT2D eigenvalue weighted by Crippen LogP contribution is 2.47. The van der Waals surface area contributed by atoms with E-state index in [0.29, 0.717) is 23.4 Å². The Labute approximate surface area is 178 Å². The first kappa shape index (κ1) is 18.8. The number of likely N-dealkylation sites (tertiary alicyclic amines) is 1. The van der Waals surface area contributed by atoms with Gasteiger partial charge in [-0.05, 0) is 52.9 Å². The van der Waals surface area contributed by atoms with Gasteiger partial charge in [0, 0.05) is 24.7 Å². The van der Waals surface area contributed by atoms with Gasteiger partial charge in [-0.3, -0.25) is 9.20 Å². The summed E-state index contributed by atoms with van der Waals surface area (Å²) in [7, 11) is 0. The van der Waals surface area contributed by atoms with Gasteiger partial charge in [0.2, 0.25) is 0 Å². The zero-order valence-electron chi connectivity index (χ0n) is 16.2. The van der Waals surface area contributed by atoms with Crippen molar-refractivity contribution in [2.24, 2.45) is 5.92 Å². The number of nitrogens with zero attached hydrogens (tertiary/aromatic N) is 3. The summed E-state index contributed by atoms with van der Waals surface area (Å²) >= 11 is 3.47. The number of rotatable bonds is 2. The van der Waals surface area contributed by atoms with E-state index in [1.165, 1.54) is 0 Å². The lowest BCUT2D eigenvalue weighted by Crippen LogP contribution is -2.59. The number of fused-ring (bicyclic) bond motifs is 2. The highest BCUT2D eigenvalue weighted by Gasteiger charge is 2.50. The lowest BCUT2D eigenvalue weighted by Gasteiger charge is -2.52. The number of hydrogen-bond donors (Lipinski definition) is 1. The molecule has 1 amide bonds. The van der Waals surface area contributed by atoms with Crippen molar-refractivity contribution in [1.29, 1.82) is 0 Å². The summed E-state index contributed by atoms with van der Waals surface area (Å²) in [6, 6.07) is 15.8. The van der Waals surface area contributed by atoms with Crippen molar-refractivity contribution in [2.75, 3.05) is 6.54 Å². The number of piperidine rings is 1. The predicted octanol–water partition coefficient (Wildman–Crippen LogP) is 4.39. The van der Waals surface area contributed by atoms with E-state index in [0.717, 1.165) is 36.8 Å². The monoisotopic (exact) mass is 453 g/mol. The first-order chi connectivity index (χ1) is 14.1. The van der Waals surface area contributed by atoms with Crippen LogP contribution in [-0.4, -0.2) is 37.9 Å². The molecule has 0 bridgehead atoms. The van der Waals surface area contributed by atoms with E-state index in [1.54, 1.807) is 0 Å². The molecule has 29 heavy (non-hydrogen) atoms. The zero-order chi connectivity index (χ0) is 20.0. The van der Waals surface area contributed by atoms with Crippen molar-refractivity contribution >= 4 is 27.4 Å². The Bertz CT molecular complexity index is 1050. The molecule has 3 heterocycles. The molecule has 6 heteroatoms. The maximum Gasteiger partial charge on any atom is 0.275 e. The smallest absolute Gasteiger partial charge is 0.275 e. The van der Waals surface area contributed by atoms with E-state index >= 15 is 0 Å². The van der Waals surface area contributed by atoms with Crippen LogP contribution in [0.1, 0.15) is 48.2 Å². The minimum absolute atomic E-state index is 0.0357. The minimum atomic E-state index is -0.875. The molecule has 2 fully saturated rings. The molecule has 1 N–H and O–H groups in total. The van der Waals surface area contributed by atoms with Gasteiger partial charge >= 0.3 is 0 Å². The number of carbonyl (C=O) groups excluding carboxylic acids is 1. The second kappa shape index (κ2) is 7.26. The molecule has 2 aromatic heterocycles. The molecule has 1 saturated heterocycles. The quantitative estimate of drug-likeness (QED) is 0.625. The summed E-state index contributed by atoms with van der Waals surface area (Å²) in [6.07, 6.45) is 6.50. The molecule has 3 atom stereocenters. The van der Waals surface area contributed by atoms with Gasteiger partial charge < -0.3 is 10.0 Å². The Hall–Kier alpha value is -2.18. The number of benzene rings is 1. The number of hydrogen-bond acceptors (Lipinski definition) is 3. The maximum absolute atomic E-state index is 13.6. The summed E-state index contributed by atoms with van der Waals surface area (Å²) in [4.78, 5) is 20.1. The van der Waals surface area contributed by atoms with Crippen LogP contribution in [0.4, 0.5) is 0 Å². The third-order valence-electron chi connectivity index (χ3n) is 6.72. The Kier molecular flexibility index (Phi) is 4.71. The lowest BCUT2D eigenvalue weighted by molar-refractivity contribution is -0.110. The van der Waals surface area contributed by atoms with Crippen LogP contribution in [0.15, 0.2) is 59.5 Å². The van der Waals surface area contributed by atoms with Gasteiger partial charge in [-0.15, -0.1) is 0 Å². The van der Waals surface area contributed by atoms with Crippen LogP contribution in [-0.2, 0) is 5.60 Å². The summed E-state index contributed by atoms with van der Waals surface area (Å²) in [5, 5.41) is 11.7. The molecule has 1 aliphatic carbocycles.